The van der Waals surface area contributed by atoms with Crippen LogP contribution in [-0.4, -0.2) is 23.8 Å². The third kappa shape index (κ3) is 7.29. The zero-order valence-corrected chi connectivity index (χ0v) is 24.9. The van der Waals surface area contributed by atoms with Crippen LogP contribution < -0.4 is 26.2 Å². The summed E-state index contributed by atoms with van der Waals surface area (Å²) < 4.78 is 21.9. The second-order valence-electron chi connectivity index (χ2n) is 10.9. The Balaban J connectivity index is 0.000000745. The number of nitrogens with zero attached hydrogens (tertiary/aromatic N) is 1. The lowest BCUT2D eigenvalue weighted by atomic mass is 9.74. The Morgan fingerprint density at radius 3 is 2.19 bits per heavy atom. The average molecular weight is 567 g/mol. The van der Waals surface area contributed by atoms with Gasteiger partial charge in [0.05, 0.1) is 5.92 Å². The van der Waals surface area contributed by atoms with Crippen LogP contribution in [0.3, 0.4) is 0 Å². The molecular weight excluding hydrogens is 527 g/mol. The molecule has 5 rings (SSSR count). The van der Waals surface area contributed by atoms with Crippen molar-refractivity contribution in [1.29, 1.82) is 5.41 Å². The number of aliphatic imine (C=N–C) groups is 1. The van der Waals surface area contributed by atoms with Gasteiger partial charge < -0.3 is 15.8 Å². The standard InChI is InChI=1S/C29H27FN4O2.2C3H6/c1-29(2,3)24-23(30)14-17-13-21-22(27(32)34-26(21)31)15-20(17)25(24)36-19-11-9-16(10-12-19)28(35)33-18-7-5-4-6-8-18;2*1-3-2/h4-15,23-24H,1-3H3,(H,33,35)(H3,31,32,34);2*3H,1H2,2H3. The van der Waals surface area contributed by atoms with Crippen LogP contribution in [0.1, 0.15) is 56.1 Å². The number of nitrogens with one attached hydrogen (secondary N) is 2. The number of benzene rings is 3. The molecule has 0 saturated heterocycles. The number of amides is 1. The lowest BCUT2D eigenvalue weighted by Crippen LogP contribution is -2.44. The predicted molar refractivity (Wildman–Crippen MR) is 172 cm³/mol. The third-order valence-electron chi connectivity index (χ3n) is 6.47. The van der Waals surface area contributed by atoms with Gasteiger partial charge in [0.1, 0.15) is 23.5 Å². The highest BCUT2D eigenvalue weighted by Crippen LogP contribution is 2.39. The van der Waals surface area contributed by atoms with Crippen LogP contribution >= 0.6 is 0 Å². The molecule has 1 heterocycles. The molecule has 4 N–H and O–H groups in total. The van der Waals surface area contributed by atoms with Gasteiger partial charge in [0.25, 0.3) is 5.91 Å². The minimum atomic E-state index is -1.28. The summed E-state index contributed by atoms with van der Waals surface area (Å²) in [5, 5.41) is 12.3. The van der Waals surface area contributed by atoms with E-state index in [1.54, 1.807) is 48.6 Å². The topological polar surface area (TPSA) is 101 Å². The number of nitrogens with two attached hydrogens (primary N) is 1. The first kappa shape index (κ1) is 31.7. The number of alkyl halides is 1. The Hall–Kier alpha value is -4.78. The number of carbonyl (C=O) groups excluding carboxylic acids is 1. The van der Waals surface area contributed by atoms with Gasteiger partial charge in [0, 0.05) is 27.6 Å². The molecule has 2 aliphatic rings. The number of ether oxygens (including phenoxy) is 1. The van der Waals surface area contributed by atoms with Crippen molar-refractivity contribution in [1.82, 2.24) is 0 Å². The van der Waals surface area contributed by atoms with Gasteiger partial charge in [-0.15, -0.1) is 13.2 Å². The molecule has 0 aromatic heterocycles. The molecule has 2 atom stereocenters. The fraction of sp³-hybridized carbons (Fsp3) is 0.229. The van der Waals surface area contributed by atoms with Crippen molar-refractivity contribution in [2.45, 2.75) is 40.8 Å². The van der Waals surface area contributed by atoms with E-state index in [9.17, 15) is 4.79 Å². The Labute approximate surface area is 247 Å². The minimum Gasteiger partial charge on any atom is -0.461 e. The largest absolute Gasteiger partial charge is 0.461 e. The number of carbonyl (C=O) groups is 1. The Bertz CT molecular complexity index is 1610. The maximum absolute atomic E-state index is 15.6. The molecule has 0 saturated carbocycles. The fourth-order valence-electron chi connectivity index (χ4n) is 4.71. The summed E-state index contributed by atoms with van der Waals surface area (Å²) in [6, 6.07) is 19.6. The van der Waals surface area contributed by atoms with E-state index in [4.69, 9.17) is 15.9 Å². The van der Waals surface area contributed by atoms with Gasteiger partial charge in [-0.2, -0.15) is 0 Å². The van der Waals surface area contributed by atoms with Crippen LogP contribution in [0.2, 0.25) is 0 Å². The molecule has 1 aliphatic heterocycles. The van der Waals surface area contributed by atoms with E-state index in [1.807, 2.05) is 71.0 Å². The first-order valence-electron chi connectivity index (χ1n) is 13.7. The van der Waals surface area contributed by atoms with E-state index >= 15 is 4.39 Å². The van der Waals surface area contributed by atoms with E-state index < -0.39 is 17.5 Å². The Morgan fingerprint density at radius 1 is 1.02 bits per heavy atom. The zero-order chi connectivity index (χ0) is 31.0. The van der Waals surface area contributed by atoms with E-state index in [0.717, 1.165) is 5.22 Å². The molecule has 3 aromatic rings. The highest BCUT2D eigenvalue weighted by molar-refractivity contribution is 6.20. The van der Waals surface area contributed by atoms with E-state index in [1.165, 1.54) is 0 Å². The molecule has 2 unspecified atom stereocenters. The molecule has 0 spiro atoms. The number of hydrogen-bond acceptors (Lipinski definition) is 4. The number of halogens is 1. The quantitative estimate of drug-likeness (QED) is 0.321. The number of rotatable bonds is 4. The summed E-state index contributed by atoms with van der Waals surface area (Å²) in [4.78, 5) is 16.7. The zero-order valence-electron chi connectivity index (χ0n) is 24.9. The van der Waals surface area contributed by atoms with Gasteiger partial charge in [-0.3, -0.25) is 10.2 Å². The SMILES string of the molecule is C=CC.C=CC.CC(C)(C)C1C(Oc2ccc(C(=O)Nc3ccccc3)cc2)=c2cc3c(cc2=CC1F)C(=N)N=C3N. The molecule has 0 radical (unpaired) electrons. The highest BCUT2D eigenvalue weighted by atomic mass is 19.1. The number of fused-ring (bicyclic) bond motifs is 2. The first-order chi connectivity index (χ1) is 19.9. The molecular formula is C35H39FN4O2. The van der Waals surface area contributed by atoms with Gasteiger partial charge in [-0.25, -0.2) is 9.38 Å². The lowest BCUT2D eigenvalue weighted by molar-refractivity contribution is 0.102. The summed E-state index contributed by atoms with van der Waals surface area (Å²) in [5.74, 6) is 0.526. The fourth-order valence-corrected chi connectivity index (χ4v) is 4.71. The first-order valence-corrected chi connectivity index (χ1v) is 13.7. The third-order valence-corrected chi connectivity index (χ3v) is 6.47. The second kappa shape index (κ2) is 13.7. The molecule has 218 valence electrons. The number of hydrogen-bond donors (Lipinski definition) is 3. The molecule has 3 aromatic carbocycles. The van der Waals surface area contributed by atoms with Gasteiger partial charge >= 0.3 is 0 Å². The van der Waals surface area contributed by atoms with Gasteiger partial charge in [-0.1, -0.05) is 51.1 Å². The summed E-state index contributed by atoms with van der Waals surface area (Å²) >= 11 is 0. The monoisotopic (exact) mass is 566 g/mol. The van der Waals surface area contributed by atoms with E-state index in [2.05, 4.69) is 23.5 Å². The summed E-state index contributed by atoms with van der Waals surface area (Å²) in [5.41, 5.74) is 8.02. The van der Waals surface area contributed by atoms with Crippen molar-refractivity contribution in [3.63, 3.8) is 0 Å². The van der Waals surface area contributed by atoms with Crippen molar-refractivity contribution >= 4 is 35.1 Å². The van der Waals surface area contributed by atoms with Crippen molar-refractivity contribution in [2.24, 2.45) is 22.1 Å². The molecule has 1 amide bonds. The molecule has 1 aliphatic carbocycles. The van der Waals surface area contributed by atoms with Crippen LogP contribution in [0.15, 0.2) is 97.0 Å². The Kier molecular flexibility index (Phi) is 10.4. The molecule has 0 bridgehead atoms. The molecule has 0 fully saturated rings. The smallest absolute Gasteiger partial charge is 0.255 e. The molecule has 7 heteroatoms. The van der Waals surface area contributed by atoms with Crippen molar-refractivity contribution < 1.29 is 13.9 Å². The summed E-state index contributed by atoms with van der Waals surface area (Å²) in [6.07, 6.45) is 3.80. The maximum Gasteiger partial charge on any atom is 0.255 e. The van der Waals surface area contributed by atoms with E-state index in [-0.39, 0.29) is 17.6 Å². The number of allylic oxidation sites excluding steroid dienone is 2. The number of anilines is 1. The number of para-hydroxylation sites is 1. The molecule has 6 nitrogen and oxygen atoms in total. The normalized spacial score (nSPS) is 16.6. The summed E-state index contributed by atoms with van der Waals surface area (Å²) in [6.45, 7) is 16.4. The van der Waals surface area contributed by atoms with E-state index in [0.29, 0.717) is 39.1 Å². The number of amidine groups is 2. The van der Waals surface area contributed by atoms with Crippen molar-refractivity contribution in [2.75, 3.05) is 5.32 Å². The second-order valence-corrected chi connectivity index (χ2v) is 10.9. The summed E-state index contributed by atoms with van der Waals surface area (Å²) in [7, 11) is 0. The van der Waals surface area contributed by atoms with Crippen LogP contribution in [0.4, 0.5) is 10.1 Å². The van der Waals surface area contributed by atoms with Crippen molar-refractivity contribution in [3.05, 3.63) is 119 Å². The maximum atomic E-state index is 15.6. The molecule has 42 heavy (non-hydrogen) atoms. The minimum absolute atomic E-state index is 0.0684. The Morgan fingerprint density at radius 2 is 1.62 bits per heavy atom. The lowest BCUT2D eigenvalue weighted by Gasteiger charge is -2.35. The van der Waals surface area contributed by atoms with Gasteiger partial charge in [0.2, 0.25) is 0 Å². The van der Waals surface area contributed by atoms with Gasteiger partial charge in [0.15, 0.2) is 5.84 Å². The van der Waals surface area contributed by atoms with Crippen LogP contribution in [0.25, 0.3) is 11.8 Å². The van der Waals surface area contributed by atoms with Crippen LogP contribution in [-0.2, 0) is 0 Å². The highest BCUT2D eigenvalue weighted by Gasteiger charge is 2.39. The van der Waals surface area contributed by atoms with Crippen LogP contribution in [0.5, 0.6) is 5.75 Å². The average Bonchev–Trinajstić information content (AvgIpc) is 3.20. The van der Waals surface area contributed by atoms with Gasteiger partial charge in [-0.05, 0) is 79.1 Å². The predicted octanol–water partition coefficient (Wildman–Crippen LogP) is 6.35. The van der Waals surface area contributed by atoms with Crippen LogP contribution in [0, 0.1) is 16.7 Å². The van der Waals surface area contributed by atoms with Crippen molar-refractivity contribution in [3.8, 4) is 5.75 Å².